The van der Waals surface area contributed by atoms with Crippen molar-refractivity contribution in [1.29, 1.82) is 0 Å². The van der Waals surface area contributed by atoms with Crippen molar-refractivity contribution in [3.63, 3.8) is 0 Å². The molecule has 1 aliphatic carbocycles. The molecule has 0 aliphatic heterocycles. The van der Waals surface area contributed by atoms with Crippen molar-refractivity contribution >= 4 is 12.1 Å². The summed E-state index contributed by atoms with van der Waals surface area (Å²) in [6.45, 7) is 0.101. The number of amides is 1. The van der Waals surface area contributed by atoms with Crippen molar-refractivity contribution in [2.45, 2.75) is 18.4 Å². The number of pyridine rings is 1. The van der Waals surface area contributed by atoms with Crippen LogP contribution < -0.4 is 14.8 Å². The van der Waals surface area contributed by atoms with E-state index in [2.05, 4.69) is 10.3 Å². The SMILES string of the molecule is COc1cc(CC(NC(=O)OCC2c3ccccc3-c3ccccc32)C(=O)O)cnc1OC. The molecule has 1 amide bonds. The summed E-state index contributed by atoms with van der Waals surface area (Å²) in [5.74, 6) is -0.627. The van der Waals surface area contributed by atoms with E-state index < -0.39 is 18.1 Å². The standard InChI is InChI=1S/C25H24N2O6/c1-31-22-12-15(13-26-23(22)32-2)11-21(24(28)29)27-25(30)33-14-20-18-9-5-3-7-16(18)17-8-4-6-10-19(17)20/h3-10,12-13,20-21H,11,14H2,1-2H3,(H,27,30)(H,28,29). The highest BCUT2D eigenvalue weighted by atomic mass is 16.5. The molecule has 33 heavy (non-hydrogen) atoms. The lowest BCUT2D eigenvalue weighted by Gasteiger charge is -2.18. The average molecular weight is 448 g/mol. The van der Waals surface area contributed by atoms with Crippen LogP contribution in [0.15, 0.2) is 60.8 Å². The van der Waals surface area contributed by atoms with Crippen LogP contribution in [0.2, 0.25) is 0 Å². The van der Waals surface area contributed by atoms with E-state index in [0.29, 0.717) is 11.3 Å². The molecular weight excluding hydrogens is 424 g/mol. The first-order chi connectivity index (χ1) is 16.0. The number of rotatable bonds is 8. The second-order valence-electron chi connectivity index (χ2n) is 7.62. The Morgan fingerprint density at radius 1 is 1.03 bits per heavy atom. The lowest BCUT2D eigenvalue weighted by Crippen LogP contribution is -2.43. The maximum absolute atomic E-state index is 12.5. The van der Waals surface area contributed by atoms with Gasteiger partial charge in [-0.25, -0.2) is 14.6 Å². The number of carbonyl (C=O) groups excluding carboxylic acids is 1. The van der Waals surface area contributed by atoms with Crippen LogP contribution in [-0.4, -0.2) is 49.0 Å². The first-order valence-corrected chi connectivity index (χ1v) is 10.4. The maximum atomic E-state index is 12.5. The molecule has 0 spiro atoms. The molecule has 4 rings (SSSR count). The Morgan fingerprint density at radius 3 is 2.24 bits per heavy atom. The van der Waals surface area contributed by atoms with Crippen LogP contribution in [0.1, 0.15) is 22.6 Å². The third-order valence-electron chi connectivity index (χ3n) is 5.66. The number of ether oxygens (including phenoxy) is 3. The van der Waals surface area contributed by atoms with E-state index in [1.807, 2.05) is 48.5 Å². The van der Waals surface area contributed by atoms with Gasteiger partial charge in [0, 0.05) is 18.5 Å². The lowest BCUT2D eigenvalue weighted by molar-refractivity contribution is -0.139. The van der Waals surface area contributed by atoms with E-state index in [1.165, 1.54) is 20.4 Å². The van der Waals surface area contributed by atoms with E-state index >= 15 is 0 Å². The van der Waals surface area contributed by atoms with E-state index in [0.717, 1.165) is 22.3 Å². The molecule has 2 aromatic carbocycles. The van der Waals surface area contributed by atoms with Crippen LogP contribution >= 0.6 is 0 Å². The predicted molar refractivity (Wildman–Crippen MR) is 121 cm³/mol. The number of hydrogen-bond donors (Lipinski definition) is 2. The maximum Gasteiger partial charge on any atom is 0.407 e. The van der Waals surface area contributed by atoms with Crippen LogP contribution in [0, 0.1) is 0 Å². The number of aliphatic carboxylic acids is 1. The lowest BCUT2D eigenvalue weighted by atomic mass is 9.98. The Kier molecular flexibility index (Phi) is 6.44. The minimum Gasteiger partial charge on any atom is -0.491 e. The van der Waals surface area contributed by atoms with Crippen molar-refractivity contribution in [2.24, 2.45) is 0 Å². The van der Waals surface area contributed by atoms with E-state index in [4.69, 9.17) is 14.2 Å². The number of carbonyl (C=O) groups is 2. The molecule has 8 heteroatoms. The van der Waals surface area contributed by atoms with E-state index in [-0.39, 0.29) is 24.8 Å². The van der Waals surface area contributed by atoms with Gasteiger partial charge in [0.2, 0.25) is 0 Å². The Labute approximate surface area is 191 Å². The van der Waals surface area contributed by atoms with Crippen LogP contribution in [0.4, 0.5) is 4.79 Å². The monoisotopic (exact) mass is 448 g/mol. The largest absolute Gasteiger partial charge is 0.491 e. The number of nitrogens with one attached hydrogen (secondary N) is 1. The molecule has 1 aliphatic rings. The molecule has 1 heterocycles. The van der Waals surface area contributed by atoms with Gasteiger partial charge in [-0.1, -0.05) is 48.5 Å². The minimum absolute atomic E-state index is 0.00683. The van der Waals surface area contributed by atoms with E-state index in [1.54, 1.807) is 6.07 Å². The van der Waals surface area contributed by atoms with Gasteiger partial charge in [0.25, 0.3) is 5.88 Å². The Bertz CT molecular complexity index is 1130. The van der Waals surface area contributed by atoms with Crippen LogP contribution in [0.5, 0.6) is 11.6 Å². The average Bonchev–Trinajstić information content (AvgIpc) is 3.16. The van der Waals surface area contributed by atoms with Crippen LogP contribution in [-0.2, 0) is 16.0 Å². The summed E-state index contributed by atoms with van der Waals surface area (Å²) >= 11 is 0. The van der Waals surface area contributed by atoms with Gasteiger partial charge in [-0.2, -0.15) is 0 Å². The fourth-order valence-corrected chi connectivity index (χ4v) is 4.10. The molecule has 170 valence electrons. The van der Waals surface area contributed by atoms with Crippen LogP contribution in [0.25, 0.3) is 11.1 Å². The minimum atomic E-state index is -1.19. The molecule has 3 aromatic rings. The predicted octanol–water partition coefficient (Wildman–Crippen LogP) is 3.63. The van der Waals surface area contributed by atoms with Gasteiger partial charge in [0.15, 0.2) is 5.75 Å². The number of hydrogen-bond acceptors (Lipinski definition) is 6. The Morgan fingerprint density at radius 2 is 1.67 bits per heavy atom. The fraction of sp³-hybridized carbons (Fsp3) is 0.240. The second-order valence-corrected chi connectivity index (χ2v) is 7.62. The van der Waals surface area contributed by atoms with Crippen molar-refractivity contribution in [3.05, 3.63) is 77.5 Å². The molecule has 1 atom stereocenters. The van der Waals surface area contributed by atoms with Gasteiger partial charge in [-0.3, -0.25) is 0 Å². The highest BCUT2D eigenvalue weighted by Crippen LogP contribution is 2.44. The number of carboxylic acid groups (broad SMARTS) is 1. The topological polar surface area (TPSA) is 107 Å². The molecule has 1 unspecified atom stereocenters. The number of fused-ring (bicyclic) bond motifs is 3. The smallest absolute Gasteiger partial charge is 0.407 e. The molecule has 0 fully saturated rings. The molecule has 0 saturated carbocycles. The zero-order chi connectivity index (χ0) is 23.4. The van der Waals surface area contributed by atoms with Crippen molar-refractivity contribution in [2.75, 3.05) is 20.8 Å². The Hall–Kier alpha value is -4.07. The van der Waals surface area contributed by atoms with E-state index in [9.17, 15) is 14.7 Å². The third kappa shape index (κ3) is 4.59. The van der Waals surface area contributed by atoms with Crippen LogP contribution in [0.3, 0.4) is 0 Å². The summed E-state index contributed by atoms with van der Waals surface area (Å²) in [5, 5.41) is 12.0. The summed E-state index contributed by atoms with van der Waals surface area (Å²) in [6, 6.07) is 16.4. The normalized spacial score (nSPS) is 12.9. The quantitative estimate of drug-likeness (QED) is 0.542. The number of alkyl carbamates (subject to hydrolysis) is 1. The number of methoxy groups -OCH3 is 2. The number of benzene rings is 2. The molecular formula is C25H24N2O6. The number of nitrogens with zero attached hydrogens (tertiary/aromatic N) is 1. The van der Waals surface area contributed by atoms with Gasteiger partial charge in [-0.05, 0) is 33.9 Å². The van der Waals surface area contributed by atoms with Gasteiger partial charge in [-0.15, -0.1) is 0 Å². The molecule has 2 N–H and O–H groups in total. The summed E-state index contributed by atoms with van der Waals surface area (Å²) < 4.78 is 15.8. The van der Waals surface area contributed by atoms with Gasteiger partial charge in [0.05, 0.1) is 14.2 Å². The van der Waals surface area contributed by atoms with Crippen molar-refractivity contribution in [1.82, 2.24) is 10.3 Å². The number of carboxylic acids is 1. The highest BCUT2D eigenvalue weighted by Gasteiger charge is 2.30. The summed E-state index contributed by atoms with van der Waals surface area (Å²) in [7, 11) is 2.93. The molecule has 1 aromatic heterocycles. The number of aromatic nitrogens is 1. The molecule has 8 nitrogen and oxygen atoms in total. The van der Waals surface area contributed by atoms with Gasteiger partial charge >= 0.3 is 12.1 Å². The van der Waals surface area contributed by atoms with Gasteiger partial charge in [0.1, 0.15) is 12.6 Å². The fourth-order valence-electron chi connectivity index (χ4n) is 4.10. The zero-order valence-corrected chi connectivity index (χ0v) is 18.3. The Balaban J connectivity index is 1.43. The van der Waals surface area contributed by atoms with Gasteiger partial charge < -0.3 is 24.6 Å². The first kappa shape index (κ1) is 22.1. The highest BCUT2D eigenvalue weighted by molar-refractivity contribution is 5.81. The van der Waals surface area contributed by atoms with Crippen molar-refractivity contribution in [3.8, 4) is 22.8 Å². The summed E-state index contributed by atoms with van der Waals surface area (Å²) in [6.07, 6.45) is 0.696. The first-order valence-electron chi connectivity index (χ1n) is 10.4. The molecule has 0 saturated heterocycles. The molecule has 0 bridgehead atoms. The summed E-state index contributed by atoms with van der Waals surface area (Å²) in [5.41, 5.74) is 4.97. The zero-order valence-electron chi connectivity index (χ0n) is 18.3. The third-order valence-corrected chi connectivity index (χ3v) is 5.66. The van der Waals surface area contributed by atoms with Crippen molar-refractivity contribution < 1.29 is 28.9 Å². The molecule has 0 radical (unpaired) electrons. The summed E-state index contributed by atoms with van der Waals surface area (Å²) in [4.78, 5) is 28.4. The second kappa shape index (κ2) is 9.60.